The van der Waals surface area contributed by atoms with E-state index in [-0.39, 0.29) is 0 Å². The van der Waals surface area contributed by atoms with Crippen LogP contribution in [0, 0.1) is 24.7 Å². The molecule has 12 rings (SSSR count). The number of nitrogens with one attached hydrogen (secondary N) is 1. The van der Waals surface area contributed by atoms with E-state index < -0.39 is 0 Å². The molecule has 4 aliphatic rings. The summed E-state index contributed by atoms with van der Waals surface area (Å²) in [4.78, 5) is 4.74. The van der Waals surface area contributed by atoms with Crippen LogP contribution in [-0.4, -0.2) is 4.57 Å². The van der Waals surface area contributed by atoms with Gasteiger partial charge < -0.3 is 19.7 Å². The van der Waals surface area contributed by atoms with Crippen molar-refractivity contribution in [2.45, 2.75) is 32.6 Å². The molecular weight excluding hydrogens is 753 g/mol. The first kappa shape index (κ1) is 36.5. The van der Waals surface area contributed by atoms with Crippen molar-refractivity contribution in [3.8, 4) is 16.8 Å². The Balaban J connectivity index is 0.920. The first-order valence-electron chi connectivity index (χ1n) is 22.2. The van der Waals surface area contributed by atoms with Crippen LogP contribution >= 0.6 is 0 Å². The van der Waals surface area contributed by atoms with Crippen molar-refractivity contribution in [3.05, 3.63) is 217 Å². The van der Waals surface area contributed by atoms with Crippen molar-refractivity contribution in [2.24, 2.45) is 17.8 Å². The van der Waals surface area contributed by atoms with Gasteiger partial charge in [-0.2, -0.15) is 0 Å². The lowest BCUT2D eigenvalue weighted by molar-refractivity contribution is 0.976. The van der Waals surface area contributed by atoms with Crippen LogP contribution < -0.4 is 15.1 Å². The van der Waals surface area contributed by atoms with Crippen LogP contribution in [0.1, 0.15) is 48.1 Å². The molecule has 4 unspecified atom stereocenters. The monoisotopic (exact) mass is 800 g/mol. The standard InChI is InChI=1S/C58H48N4/c1-38-11-3-4-12-49(38)51-14-5-8-16-54(51)59-43-20-22-45(23-21-43)61(46-26-24-44(25-27-46)60-34-33-40-36-42(40)35-39(2)50-13-6-9-17-55(50)60)47-28-30-48(31-29-47)62-56-18-10-7-15-52(56)58-53-37-41(53)19-32-57(58)62/h3-35,40-42,53,59H,36-37H2,1-2H3/b34-33+,39-35+. The van der Waals surface area contributed by atoms with Gasteiger partial charge >= 0.3 is 0 Å². The van der Waals surface area contributed by atoms with Crippen molar-refractivity contribution in [2.75, 3.05) is 15.1 Å². The second-order valence-corrected chi connectivity index (χ2v) is 17.6. The summed E-state index contributed by atoms with van der Waals surface area (Å²) in [6.45, 7) is 4.44. The van der Waals surface area contributed by atoms with E-state index in [1.165, 1.54) is 74.2 Å². The minimum Gasteiger partial charge on any atom is -0.355 e. The Morgan fingerprint density at radius 3 is 1.97 bits per heavy atom. The van der Waals surface area contributed by atoms with Gasteiger partial charge in [0.05, 0.1) is 16.9 Å². The molecule has 7 aromatic carbocycles. The average molecular weight is 801 g/mol. The SMILES string of the molecule is C/C1=C\C2CC2/C=C/N(c2ccc(N(c3ccc(Nc4ccccc4-c4ccccc4C)cc3)c3ccc(-n4c5c(c6ccccc64)C4CC4C=C5)cc3)cc2)c2ccccc21. The van der Waals surface area contributed by atoms with Gasteiger partial charge in [-0.15, -0.1) is 0 Å². The summed E-state index contributed by atoms with van der Waals surface area (Å²) >= 11 is 0. The molecule has 4 heteroatoms. The van der Waals surface area contributed by atoms with Gasteiger partial charge in [0.15, 0.2) is 0 Å². The van der Waals surface area contributed by atoms with Crippen molar-refractivity contribution in [3.63, 3.8) is 0 Å². The molecule has 0 bridgehead atoms. The van der Waals surface area contributed by atoms with E-state index in [0.29, 0.717) is 23.7 Å². The zero-order valence-corrected chi connectivity index (χ0v) is 35.1. The highest BCUT2D eigenvalue weighted by atomic mass is 15.2. The molecule has 4 nitrogen and oxygen atoms in total. The third kappa shape index (κ3) is 6.37. The van der Waals surface area contributed by atoms with Crippen molar-refractivity contribution < 1.29 is 0 Å². The third-order valence-corrected chi connectivity index (χ3v) is 13.6. The number of benzene rings is 7. The molecule has 0 saturated heterocycles. The number of hydrogen-bond acceptors (Lipinski definition) is 3. The Morgan fingerprint density at radius 1 is 0.548 bits per heavy atom. The Labute approximate surface area is 364 Å². The maximum atomic E-state index is 3.74. The number of aromatic nitrogens is 1. The van der Waals surface area contributed by atoms with E-state index >= 15 is 0 Å². The van der Waals surface area contributed by atoms with Gasteiger partial charge in [0.25, 0.3) is 0 Å². The molecule has 3 aliphatic carbocycles. The van der Waals surface area contributed by atoms with Crippen molar-refractivity contribution >= 4 is 62.4 Å². The maximum Gasteiger partial charge on any atom is 0.0537 e. The third-order valence-electron chi connectivity index (χ3n) is 13.6. The number of rotatable bonds is 8. The first-order chi connectivity index (χ1) is 30.6. The van der Waals surface area contributed by atoms with E-state index in [0.717, 1.165) is 34.1 Å². The first-order valence-corrected chi connectivity index (χ1v) is 22.2. The number of para-hydroxylation sites is 3. The fourth-order valence-electron chi connectivity index (χ4n) is 10.2. The van der Waals surface area contributed by atoms with Crippen LogP contribution in [0.3, 0.4) is 0 Å². The molecule has 2 fully saturated rings. The summed E-state index contributed by atoms with van der Waals surface area (Å²) in [5.41, 5.74) is 19.4. The van der Waals surface area contributed by atoms with Crippen molar-refractivity contribution in [1.29, 1.82) is 0 Å². The Hall–Kier alpha value is -7.30. The van der Waals surface area contributed by atoms with Crippen LogP contribution in [0.5, 0.6) is 0 Å². The van der Waals surface area contributed by atoms with Gasteiger partial charge in [-0.25, -0.2) is 0 Å². The molecule has 0 spiro atoms. The highest BCUT2D eigenvalue weighted by Crippen LogP contribution is 2.56. The maximum absolute atomic E-state index is 3.74. The van der Waals surface area contributed by atoms with Crippen LogP contribution in [0.4, 0.5) is 39.8 Å². The summed E-state index contributed by atoms with van der Waals surface area (Å²) < 4.78 is 2.46. The molecule has 1 aliphatic heterocycles. The Kier molecular flexibility index (Phi) is 8.67. The second-order valence-electron chi connectivity index (χ2n) is 17.6. The van der Waals surface area contributed by atoms with E-state index in [2.05, 4.69) is 234 Å². The molecule has 2 saturated carbocycles. The highest BCUT2D eigenvalue weighted by molar-refractivity contribution is 5.93. The molecule has 1 aromatic heterocycles. The largest absolute Gasteiger partial charge is 0.355 e. The fraction of sp³-hybridized carbons (Fsp3) is 0.138. The van der Waals surface area contributed by atoms with Crippen molar-refractivity contribution in [1.82, 2.24) is 4.57 Å². The lowest BCUT2D eigenvalue weighted by Gasteiger charge is -2.28. The van der Waals surface area contributed by atoms with E-state index in [4.69, 9.17) is 0 Å². The van der Waals surface area contributed by atoms with E-state index in [1.54, 1.807) is 0 Å². The number of fused-ring (bicyclic) bond motifs is 7. The summed E-state index contributed by atoms with van der Waals surface area (Å²) in [6, 6.07) is 62.0. The normalized spacial score (nSPS) is 20.6. The lowest BCUT2D eigenvalue weighted by atomic mass is 9.99. The molecule has 0 radical (unpaired) electrons. The molecule has 62 heavy (non-hydrogen) atoms. The number of anilines is 7. The van der Waals surface area contributed by atoms with Gasteiger partial charge in [0, 0.05) is 62.5 Å². The highest BCUT2D eigenvalue weighted by Gasteiger charge is 2.42. The topological polar surface area (TPSA) is 23.4 Å². The minimum absolute atomic E-state index is 0.601. The summed E-state index contributed by atoms with van der Waals surface area (Å²) in [5.74, 6) is 2.57. The number of nitrogens with zero attached hydrogens (tertiary/aromatic N) is 3. The second kappa shape index (κ2) is 14.7. The molecule has 8 aromatic rings. The molecule has 4 atom stereocenters. The molecule has 2 heterocycles. The zero-order chi connectivity index (χ0) is 41.3. The fourth-order valence-corrected chi connectivity index (χ4v) is 10.2. The van der Waals surface area contributed by atoms with Gasteiger partial charge in [-0.1, -0.05) is 97.1 Å². The van der Waals surface area contributed by atoms with E-state index in [1.807, 2.05) is 0 Å². The quantitative estimate of drug-likeness (QED) is 0.166. The van der Waals surface area contributed by atoms with Crippen LogP contribution in [0.25, 0.3) is 39.4 Å². The van der Waals surface area contributed by atoms with E-state index in [9.17, 15) is 0 Å². The van der Waals surface area contributed by atoms with Gasteiger partial charge in [0.2, 0.25) is 0 Å². The molecular formula is C58H48N4. The molecule has 0 amide bonds. The van der Waals surface area contributed by atoms with Gasteiger partial charge in [-0.3, -0.25) is 0 Å². The average Bonchev–Trinajstić information content (AvgIpc) is 4.24. The van der Waals surface area contributed by atoms with Crippen LogP contribution in [0.2, 0.25) is 0 Å². The number of hydrogen-bond donors (Lipinski definition) is 1. The van der Waals surface area contributed by atoms with Crippen LogP contribution in [-0.2, 0) is 0 Å². The molecule has 1 N–H and O–H groups in total. The van der Waals surface area contributed by atoms with Gasteiger partial charge in [0.1, 0.15) is 0 Å². The minimum atomic E-state index is 0.601. The number of allylic oxidation sites excluding steroid dienone is 4. The smallest absolute Gasteiger partial charge is 0.0537 e. The molecule has 300 valence electrons. The number of aryl methyl sites for hydroxylation is 1. The van der Waals surface area contributed by atoms with Crippen LogP contribution in [0.15, 0.2) is 194 Å². The summed E-state index contributed by atoms with van der Waals surface area (Å²) in [5, 5.41) is 5.13. The predicted octanol–water partition coefficient (Wildman–Crippen LogP) is 15.7. The predicted molar refractivity (Wildman–Crippen MR) is 261 cm³/mol. The lowest BCUT2D eigenvalue weighted by Crippen LogP contribution is -2.12. The summed E-state index contributed by atoms with van der Waals surface area (Å²) in [6.07, 6.45) is 14.4. The summed E-state index contributed by atoms with van der Waals surface area (Å²) in [7, 11) is 0. The zero-order valence-electron chi connectivity index (χ0n) is 35.1. The Bertz CT molecular complexity index is 3090. The Morgan fingerprint density at radius 2 is 1.19 bits per heavy atom. The van der Waals surface area contributed by atoms with Gasteiger partial charge in [-0.05, 0) is 170 Å².